The predicted octanol–water partition coefficient (Wildman–Crippen LogP) is 1.62. The van der Waals surface area contributed by atoms with Gasteiger partial charge in [-0.2, -0.15) is 0 Å². The van der Waals surface area contributed by atoms with Gasteiger partial charge in [0.25, 0.3) is 0 Å². The topological polar surface area (TPSA) is 66.6 Å². The fourth-order valence-electron chi connectivity index (χ4n) is 5.16. The second-order valence-corrected chi connectivity index (χ2v) is 7.68. The van der Waals surface area contributed by atoms with Crippen LogP contribution in [0.2, 0.25) is 0 Å². The largest absolute Gasteiger partial charge is 0.370 e. The molecule has 26 heavy (non-hydrogen) atoms. The number of halogens is 2. The van der Waals surface area contributed by atoms with Crippen LogP contribution in [0.5, 0.6) is 0 Å². The Hall–Kier alpha value is -2.02. The summed E-state index contributed by atoms with van der Waals surface area (Å²) in [5.74, 6) is -1.48. The Morgan fingerprint density at radius 3 is 2.31 bits per heavy atom. The Kier molecular flexibility index (Phi) is 4.42. The average Bonchev–Trinajstić information content (AvgIpc) is 3.03. The number of nitrogens with zero attached hydrogens (tertiary/aromatic N) is 2. The number of carbonyl (C=O) groups excluding carboxylic acids is 2. The van der Waals surface area contributed by atoms with E-state index in [2.05, 4.69) is 4.90 Å². The van der Waals surface area contributed by atoms with Gasteiger partial charge in [0.2, 0.25) is 11.8 Å². The molecule has 4 aliphatic rings. The lowest BCUT2D eigenvalue weighted by Gasteiger charge is -2.51. The summed E-state index contributed by atoms with van der Waals surface area (Å²) in [5, 5.41) is 0. The van der Waals surface area contributed by atoms with Gasteiger partial charge in [-0.15, -0.1) is 0 Å². The van der Waals surface area contributed by atoms with Gasteiger partial charge in [0.15, 0.2) is 0 Å². The number of hydrogen-bond acceptors (Lipinski definition) is 3. The van der Waals surface area contributed by atoms with E-state index in [-0.39, 0.29) is 36.8 Å². The van der Waals surface area contributed by atoms with Crippen LogP contribution in [0.15, 0.2) is 18.2 Å². The summed E-state index contributed by atoms with van der Waals surface area (Å²) < 4.78 is 27.5. The summed E-state index contributed by atoms with van der Waals surface area (Å²) in [6.07, 6.45) is 2.19. The Bertz CT molecular complexity index is 713. The van der Waals surface area contributed by atoms with E-state index in [9.17, 15) is 18.4 Å². The SMILES string of the molecule is NC(=O)CCC(=O)N1C[C@@H](c2cc(F)cc(F)c2)[C@@H]2[C@H]1C1CCN2CC1. The number of nitrogens with two attached hydrogens (primary N) is 1. The van der Waals surface area contributed by atoms with Gasteiger partial charge in [-0.05, 0) is 49.5 Å². The molecule has 0 aromatic heterocycles. The van der Waals surface area contributed by atoms with Crippen molar-refractivity contribution < 1.29 is 18.4 Å². The summed E-state index contributed by atoms with van der Waals surface area (Å²) in [7, 11) is 0. The molecule has 1 aromatic rings. The monoisotopic (exact) mass is 363 g/mol. The third-order valence-electron chi connectivity index (χ3n) is 6.21. The van der Waals surface area contributed by atoms with Crippen molar-refractivity contribution in [2.45, 2.75) is 43.7 Å². The van der Waals surface area contributed by atoms with E-state index >= 15 is 0 Å². The van der Waals surface area contributed by atoms with Crippen LogP contribution < -0.4 is 5.73 Å². The normalized spacial score (nSPS) is 32.5. The predicted molar refractivity (Wildman–Crippen MR) is 91.1 cm³/mol. The smallest absolute Gasteiger partial charge is 0.223 e. The van der Waals surface area contributed by atoms with E-state index in [1.54, 1.807) is 0 Å². The zero-order valence-electron chi connectivity index (χ0n) is 14.5. The van der Waals surface area contributed by atoms with Gasteiger partial charge in [-0.1, -0.05) is 0 Å². The van der Waals surface area contributed by atoms with E-state index in [0.717, 1.165) is 32.0 Å². The third kappa shape index (κ3) is 2.98. The molecule has 5 nitrogen and oxygen atoms in total. The van der Waals surface area contributed by atoms with Crippen molar-refractivity contribution in [3.63, 3.8) is 0 Å². The molecule has 0 aliphatic carbocycles. The van der Waals surface area contributed by atoms with Gasteiger partial charge in [0.05, 0.1) is 6.04 Å². The summed E-state index contributed by atoms with van der Waals surface area (Å²) in [4.78, 5) is 28.0. The van der Waals surface area contributed by atoms with E-state index in [4.69, 9.17) is 5.73 Å². The number of likely N-dealkylation sites (tertiary alicyclic amines) is 1. The molecule has 4 fully saturated rings. The number of hydrogen-bond donors (Lipinski definition) is 1. The minimum atomic E-state index is -0.592. The molecule has 7 heteroatoms. The second-order valence-electron chi connectivity index (χ2n) is 7.68. The molecule has 4 aliphatic heterocycles. The van der Waals surface area contributed by atoms with Gasteiger partial charge >= 0.3 is 0 Å². The van der Waals surface area contributed by atoms with Crippen molar-refractivity contribution in [3.05, 3.63) is 35.4 Å². The highest BCUT2D eigenvalue weighted by Crippen LogP contribution is 2.46. The maximum atomic E-state index is 13.8. The summed E-state index contributed by atoms with van der Waals surface area (Å²) in [6.45, 7) is 2.36. The molecule has 0 radical (unpaired) electrons. The first-order valence-corrected chi connectivity index (χ1v) is 9.22. The zero-order valence-corrected chi connectivity index (χ0v) is 14.5. The van der Waals surface area contributed by atoms with Gasteiger partial charge in [0.1, 0.15) is 11.6 Å². The van der Waals surface area contributed by atoms with Crippen molar-refractivity contribution in [1.29, 1.82) is 0 Å². The number of primary amides is 1. The Labute approximate surface area is 151 Å². The van der Waals surface area contributed by atoms with Crippen molar-refractivity contribution in [2.75, 3.05) is 19.6 Å². The van der Waals surface area contributed by atoms with Crippen LogP contribution in [0.3, 0.4) is 0 Å². The van der Waals surface area contributed by atoms with E-state index in [0.29, 0.717) is 18.0 Å². The average molecular weight is 363 g/mol. The van der Waals surface area contributed by atoms with E-state index in [1.807, 2.05) is 4.90 Å². The Balaban J connectivity index is 1.65. The van der Waals surface area contributed by atoms with E-state index in [1.165, 1.54) is 12.1 Å². The van der Waals surface area contributed by atoms with E-state index < -0.39 is 17.5 Å². The number of benzene rings is 1. The molecule has 0 spiro atoms. The molecular weight excluding hydrogens is 340 g/mol. The van der Waals surface area contributed by atoms with Crippen LogP contribution in [-0.2, 0) is 9.59 Å². The maximum absolute atomic E-state index is 13.8. The fourth-order valence-corrected chi connectivity index (χ4v) is 5.16. The molecule has 2 amide bonds. The minimum absolute atomic E-state index is 0.0281. The molecule has 1 aromatic carbocycles. The number of piperidine rings is 3. The minimum Gasteiger partial charge on any atom is -0.370 e. The molecule has 5 rings (SSSR count). The molecule has 3 atom stereocenters. The highest BCUT2D eigenvalue weighted by molar-refractivity contribution is 5.83. The lowest BCUT2D eigenvalue weighted by Crippen LogP contribution is -2.60. The second kappa shape index (κ2) is 6.61. The standard InChI is InChI=1S/C19H23F2N3O2/c20-13-7-12(8-14(21)9-13)15-10-24(17(26)2-1-16(22)25)18-11-3-5-23(6-4-11)19(15)18/h7-9,11,15,18-19H,1-6,10H2,(H2,22,25)/t15-,18+,19+/m0/s1. The maximum Gasteiger partial charge on any atom is 0.223 e. The molecule has 2 N–H and O–H groups in total. The van der Waals surface area contributed by atoms with Crippen molar-refractivity contribution in [3.8, 4) is 0 Å². The van der Waals surface area contributed by atoms with Crippen LogP contribution in [0.4, 0.5) is 8.78 Å². The molecule has 0 unspecified atom stereocenters. The lowest BCUT2D eigenvalue weighted by molar-refractivity contribution is -0.137. The first kappa shape index (κ1) is 17.4. The molecule has 2 bridgehead atoms. The van der Waals surface area contributed by atoms with Crippen molar-refractivity contribution >= 4 is 11.8 Å². The third-order valence-corrected chi connectivity index (χ3v) is 6.21. The van der Waals surface area contributed by atoms with Crippen LogP contribution in [0.1, 0.15) is 37.2 Å². The number of rotatable bonds is 4. The quantitative estimate of drug-likeness (QED) is 0.884. The fraction of sp³-hybridized carbons (Fsp3) is 0.579. The first-order chi connectivity index (χ1) is 12.4. The molecule has 4 heterocycles. The molecular formula is C19H23F2N3O2. The highest BCUT2D eigenvalue weighted by atomic mass is 19.1. The van der Waals surface area contributed by atoms with Crippen LogP contribution in [-0.4, -0.2) is 53.3 Å². The van der Waals surface area contributed by atoms with Gasteiger partial charge in [-0.25, -0.2) is 8.78 Å². The number of amides is 2. The van der Waals surface area contributed by atoms with Crippen LogP contribution in [0.25, 0.3) is 0 Å². The van der Waals surface area contributed by atoms with Crippen LogP contribution >= 0.6 is 0 Å². The molecule has 0 saturated carbocycles. The van der Waals surface area contributed by atoms with Crippen molar-refractivity contribution in [2.24, 2.45) is 11.7 Å². The lowest BCUT2D eigenvalue weighted by atomic mass is 9.75. The van der Waals surface area contributed by atoms with Gasteiger partial charge in [-0.3, -0.25) is 14.5 Å². The summed E-state index contributed by atoms with van der Waals surface area (Å²) in [5.41, 5.74) is 5.79. The zero-order chi connectivity index (χ0) is 18.4. The van der Waals surface area contributed by atoms with Crippen molar-refractivity contribution in [1.82, 2.24) is 9.80 Å². The number of carbonyl (C=O) groups is 2. The van der Waals surface area contributed by atoms with Gasteiger partial charge in [0, 0.05) is 37.4 Å². The Morgan fingerprint density at radius 2 is 1.69 bits per heavy atom. The molecule has 140 valence electrons. The summed E-state index contributed by atoms with van der Waals surface area (Å²) in [6, 6.07) is 3.77. The number of fused-ring (bicyclic) bond motifs is 2. The van der Waals surface area contributed by atoms with Crippen LogP contribution in [0, 0.1) is 17.6 Å². The van der Waals surface area contributed by atoms with Gasteiger partial charge < -0.3 is 10.6 Å². The summed E-state index contributed by atoms with van der Waals surface area (Å²) >= 11 is 0. The Morgan fingerprint density at radius 1 is 1.04 bits per heavy atom. The first-order valence-electron chi connectivity index (χ1n) is 9.22. The molecule has 4 saturated heterocycles. The highest BCUT2D eigenvalue weighted by Gasteiger charge is 2.54.